The number of rotatable bonds is 3. The summed E-state index contributed by atoms with van der Waals surface area (Å²) in [5.74, 6) is 0.261. The number of aromatic nitrogens is 4. The Bertz CT molecular complexity index is 986. The van der Waals surface area contributed by atoms with E-state index in [-0.39, 0.29) is 28.6 Å². The number of carbonyl (C=O) groups excluding carboxylic acids is 1. The van der Waals surface area contributed by atoms with Gasteiger partial charge in [0, 0.05) is 26.0 Å². The fourth-order valence-corrected chi connectivity index (χ4v) is 3.51. The van der Waals surface area contributed by atoms with Gasteiger partial charge in [0.25, 0.3) is 11.5 Å². The van der Waals surface area contributed by atoms with Gasteiger partial charge in [-0.2, -0.15) is 5.10 Å². The molecule has 25 heavy (non-hydrogen) atoms. The number of aryl methyl sites for hydroxylation is 2. The van der Waals surface area contributed by atoms with E-state index in [0.717, 1.165) is 12.8 Å². The van der Waals surface area contributed by atoms with Crippen LogP contribution >= 0.6 is 0 Å². The van der Waals surface area contributed by atoms with Crippen molar-refractivity contribution in [2.24, 2.45) is 7.05 Å². The Balaban J connectivity index is 1.73. The van der Waals surface area contributed by atoms with Crippen molar-refractivity contribution in [1.29, 1.82) is 0 Å². The summed E-state index contributed by atoms with van der Waals surface area (Å²) in [6.07, 6.45) is 6.86. The molecular formula is C17H19N5O3. The fraction of sp³-hybridized carbons (Fsp3) is 0.412. The highest BCUT2D eigenvalue weighted by Crippen LogP contribution is 2.27. The second kappa shape index (κ2) is 5.87. The average Bonchev–Trinajstić information content (AvgIpc) is 3.31. The van der Waals surface area contributed by atoms with E-state index in [1.165, 1.54) is 10.9 Å². The van der Waals surface area contributed by atoms with Crippen LogP contribution < -0.4 is 5.56 Å². The highest BCUT2D eigenvalue weighted by molar-refractivity contribution is 6.06. The molecule has 8 nitrogen and oxygen atoms in total. The first-order valence-corrected chi connectivity index (χ1v) is 8.29. The summed E-state index contributed by atoms with van der Waals surface area (Å²) >= 11 is 0. The van der Waals surface area contributed by atoms with Gasteiger partial charge in [-0.15, -0.1) is 0 Å². The number of furan rings is 1. The van der Waals surface area contributed by atoms with E-state index in [9.17, 15) is 9.59 Å². The molecule has 0 spiro atoms. The molecule has 3 aromatic heterocycles. The van der Waals surface area contributed by atoms with Crippen LogP contribution in [0.2, 0.25) is 0 Å². The summed E-state index contributed by atoms with van der Waals surface area (Å²) in [7, 11) is 1.61. The minimum atomic E-state index is -0.270. The minimum Gasteiger partial charge on any atom is -0.442 e. The molecule has 1 fully saturated rings. The molecule has 1 aliphatic rings. The quantitative estimate of drug-likeness (QED) is 0.717. The van der Waals surface area contributed by atoms with Crippen LogP contribution in [0.25, 0.3) is 11.1 Å². The van der Waals surface area contributed by atoms with Crippen LogP contribution in [0.3, 0.4) is 0 Å². The number of hydrogen-bond donors (Lipinski definition) is 0. The zero-order chi connectivity index (χ0) is 17.6. The maximum absolute atomic E-state index is 13.2. The molecule has 8 heteroatoms. The second-order valence-electron chi connectivity index (χ2n) is 6.40. The van der Waals surface area contributed by atoms with E-state index in [2.05, 4.69) is 10.1 Å². The zero-order valence-electron chi connectivity index (χ0n) is 14.2. The highest BCUT2D eigenvalue weighted by atomic mass is 16.3. The monoisotopic (exact) mass is 341 g/mol. The molecule has 0 aromatic carbocycles. The van der Waals surface area contributed by atoms with E-state index in [0.29, 0.717) is 24.4 Å². The maximum Gasteiger partial charge on any atom is 0.265 e. The van der Waals surface area contributed by atoms with Gasteiger partial charge < -0.3 is 13.9 Å². The molecular weight excluding hydrogens is 322 g/mol. The van der Waals surface area contributed by atoms with Crippen molar-refractivity contribution >= 4 is 17.0 Å². The molecule has 4 rings (SSSR count). The van der Waals surface area contributed by atoms with Crippen molar-refractivity contribution in [2.75, 3.05) is 6.54 Å². The summed E-state index contributed by atoms with van der Waals surface area (Å²) < 4.78 is 8.76. The highest BCUT2D eigenvalue weighted by Gasteiger charge is 2.33. The Hall–Kier alpha value is -2.90. The molecule has 1 amide bonds. The van der Waals surface area contributed by atoms with E-state index in [1.54, 1.807) is 20.2 Å². The number of nitrogens with zero attached hydrogens (tertiary/aromatic N) is 5. The van der Waals surface area contributed by atoms with E-state index in [4.69, 9.17) is 4.42 Å². The molecule has 0 unspecified atom stereocenters. The summed E-state index contributed by atoms with van der Waals surface area (Å²) in [5.41, 5.74) is 0.274. The van der Waals surface area contributed by atoms with Crippen molar-refractivity contribution in [3.8, 4) is 0 Å². The molecule has 0 N–H and O–H groups in total. The number of likely N-dealkylation sites (tertiary alicyclic amines) is 1. The van der Waals surface area contributed by atoms with Crippen LogP contribution in [0.15, 0.2) is 34.0 Å². The van der Waals surface area contributed by atoms with E-state index in [1.807, 2.05) is 21.8 Å². The minimum absolute atomic E-state index is 0.0530. The average molecular weight is 341 g/mol. The summed E-state index contributed by atoms with van der Waals surface area (Å²) in [6.45, 7) is 3.01. The van der Waals surface area contributed by atoms with Crippen molar-refractivity contribution in [1.82, 2.24) is 24.2 Å². The van der Waals surface area contributed by atoms with Gasteiger partial charge in [-0.1, -0.05) is 0 Å². The van der Waals surface area contributed by atoms with Crippen LogP contribution in [0.1, 0.15) is 29.0 Å². The standard InChI is InChI=1S/C17H19N5O3/c1-11-13(14-15(25-11)18-10-20(2)16(14)23)17(24)22-8-3-5-12(22)9-21-7-4-6-19-21/h4,6-7,10,12H,3,5,8-9H2,1-2H3/t12-/m1/s1. The largest absolute Gasteiger partial charge is 0.442 e. The SMILES string of the molecule is Cc1oc2ncn(C)c(=O)c2c1C(=O)N1CCC[C@@H]1Cn1cccn1. The smallest absolute Gasteiger partial charge is 0.265 e. The first-order chi connectivity index (χ1) is 12.1. The Morgan fingerprint density at radius 3 is 3.04 bits per heavy atom. The third-order valence-electron chi connectivity index (χ3n) is 4.76. The molecule has 4 heterocycles. The van der Waals surface area contributed by atoms with Gasteiger partial charge in [-0.3, -0.25) is 14.3 Å². The van der Waals surface area contributed by atoms with Crippen LogP contribution in [0.5, 0.6) is 0 Å². The van der Waals surface area contributed by atoms with E-state index < -0.39 is 0 Å². The zero-order valence-corrected chi connectivity index (χ0v) is 14.2. The van der Waals surface area contributed by atoms with Gasteiger partial charge in [0.1, 0.15) is 17.5 Å². The van der Waals surface area contributed by atoms with Crippen molar-refractivity contribution in [3.63, 3.8) is 0 Å². The predicted molar refractivity (Wildman–Crippen MR) is 90.3 cm³/mol. The first kappa shape index (κ1) is 15.6. The number of carbonyl (C=O) groups is 1. The molecule has 0 bridgehead atoms. The van der Waals surface area contributed by atoms with Gasteiger partial charge in [0.05, 0.1) is 18.2 Å². The number of hydrogen-bond acceptors (Lipinski definition) is 5. The lowest BCUT2D eigenvalue weighted by atomic mass is 10.1. The second-order valence-corrected chi connectivity index (χ2v) is 6.40. The lowest BCUT2D eigenvalue weighted by molar-refractivity contribution is 0.0721. The molecule has 130 valence electrons. The first-order valence-electron chi connectivity index (χ1n) is 8.29. The lowest BCUT2D eigenvalue weighted by Crippen LogP contribution is -2.38. The van der Waals surface area contributed by atoms with E-state index >= 15 is 0 Å². The molecule has 0 radical (unpaired) electrons. The van der Waals surface area contributed by atoms with Crippen LogP contribution in [-0.2, 0) is 13.6 Å². The van der Waals surface area contributed by atoms with Crippen molar-refractivity contribution in [3.05, 3.63) is 46.5 Å². The van der Waals surface area contributed by atoms with Gasteiger partial charge in [0.2, 0.25) is 5.71 Å². The van der Waals surface area contributed by atoms with Crippen molar-refractivity contribution < 1.29 is 9.21 Å². The van der Waals surface area contributed by atoms with Gasteiger partial charge in [-0.05, 0) is 25.8 Å². The molecule has 1 aliphatic heterocycles. The van der Waals surface area contributed by atoms with Crippen LogP contribution in [0, 0.1) is 6.92 Å². The lowest BCUT2D eigenvalue weighted by Gasteiger charge is -2.24. The topological polar surface area (TPSA) is 86.2 Å². The predicted octanol–water partition coefficient (Wildman–Crippen LogP) is 1.34. The third-order valence-corrected chi connectivity index (χ3v) is 4.76. The van der Waals surface area contributed by atoms with Gasteiger partial charge in [0.15, 0.2) is 0 Å². The Kier molecular flexibility index (Phi) is 3.67. The molecule has 1 saturated heterocycles. The number of fused-ring (bicyclic) bond motifs is 1. The summed E-state index contributed by atoms with van der Waals surface area (Å²) in [5, 5.41) is 4.49. The Labute approximate surface area is 143 Å². The summed E-state index contributed by atoms with van der Waals surface area (Å²) in [6, 6.07) is 1.92. The van der Waals surface area contributed by atoms with Crippen LogP contribution in [-0.4, -0.2) is 42.7 Å². The molecule has 1 atom stereocenters. The Morgan fingerprint density at radius 1 is 1.44 bits per heavy atom. The normalized spacial score (nSPS) is 17.5. The fourth-order valence-electron chi connectivity index (χ4n) is 3.51. The van der Waals surface area contributed by atoms with Gasteiger partial charge in [-0.25, -0.2) is 4.98 Å². The summed E-state index contributed by atoms with van der Waals surface area (Å²) in [4.78, 5) is 31.7. The maximum atomic E-state index is 13.2. The third kappa shape index (κ3) is 2.54. The Morgan fingerprint density at radius 2 is 2.28 bits per heavy atom. The number of amides is 1. The molecule has 3 aromatic rings. The van der Waals surface area contributed by atoms with Crippen molar-refractivity contribution in [2.45, 2.75) is 32.4 Å². The molecule has 0 aliphatic carbocycles. The molecule has 0 saturated carbocycles. The van der Waals surface area contributed by atoms with Gasteiger partial charge >= 0.3 is 0 Å². The van der Waals surface area contributed by atoms with Crippen LogP contribution in [0.4, 0.5) is 0 Å².